The highest BCUT2D eigenvalue weighted by Gasteiger charge is 2.20. The zero-order valence-corrected chi connectivity index (χ0v) is 19.6. The minimum absolute atomic E-state index is 0.159. The Morgan fingerprint density at radius 3 is 2.68 bits per heavy atom. The van der Waals surface area contributed by atoms with Gasteiger partial charge in [0.1, 0.15) is 5.75 Å². The number of carbonyl (C=O) groups is 2. The predicted octanol–water partition coefficient (Wildman–Crippen LogP) is 2.95. The Hall–Kier alpha value is -2.92. The molecule has 2 N–H and O–H groups in total. The Kier molecular flexibility index (Phi) is 7.29. The summed E-state index contributed by atoms with van der Waals surface area (Å²) in [7, 11) is 3.32. The van der Waals surface area contributed by atoms with E-state index in [2.05, 4.69) is 25.8 Å². The topological polar surface area (TPSA) is 111 Å². The number of benzene rings is 1. The third-order valence-electron chi connectivity index (χ3n) is 4.59. The highest BCUT2D eigenvalue weighted by molar-refractivity contribution is 8.00. The van der Waals surface area contributed by atoms with Gasteiger partial charge in [-0.15, -0.1) is 21.5 Å². The molecule has 0 aliphatic rings. The van der Waals surface area contributed by atoms with Crippen molar-refractivity contribution >= 4 is 40.0 Å². The average Bonchev–Trinajstić information content (AvgIpc) is 3.26. The van der Waals surface area contributed by atoms with E-state index in [9.17, 15) is 9.59 Å². The smallest absolute Gasteiger partial charge is 0.255 e. The van der Waals surface area contributed by atoms with Crippen molar-refractivity contribution in [1.82, 2.24) is 25.1 Å². The maximum Gasteiger partial charge on any atom is 0.255 e. The lowest BCUT2D eigenvalue weighted by Gasteiger charge is -2.11. The maximum absolute atomic E-state index is 12.5. The normalized spacial score (nSPS) is 11.8. The fourth-order valence-corrected chi connectivity index (χ4v) is 4.28. The van der Waals surface area contributed by atoms with Crippen LogP contribution < -0.4 is 15.4 Å². The van der Waals surface area contributed by atoms with Crippen molar-refractivity contribution in [3.63, 3.8) is 0 Å². The number of carbonyl (C=O) groups excluding carboxylic acids is 2. The van der Waals surface area contributed by atoms with Gasteiger partial charge in [-0.25, -0.2) is 4.98 Å². The van der Waals surface area contributed by atoms with Crippen LogP contribution >= 0.6 is 23.1 Å². The Morgan fingerprint density at radius 2 is 2.00 bits per heavy atom. The van der Waals surface area contributed by atoms with Gasteiger partial charge in [-0.05, 0) is 32.9 Å². The number of methoxy groups -OCH3 is 1. The summed E-state index contributed by atoms with van der Waals surface area (Å²) in [6.07, 6.45) is 0. The van der Waals surface area contributed by atoms with Crippen LogP contribution in [0.1, 0.15) is 33.7 Å². The first-order chi connectivity index (χ1) is 14.8. The molecule has 0 aliphatic carbocycles. The zero-order chi connectivity index (χ0) is 22.5. The summed E-state index contributed by atoms with van der Waals surface area (Å²) in [5.74, 6) is 0.647. The number of ether oxygens (including phenoxy) is 1. The van der Waals surface area contributed by atoms with Gasteiger partial charge in [-0.2, -0.15) is 0 Å². The molecule has 0 saturated carbocycles. The predicted molar refractivity (Wildman–Crippen MR) is 121 cm³/mol. The lowest BCUT2D eigenvalue weighted by molar-refractivity contribution is -0.115. The fraction of sp³-hybridized carbons (Fsp3) is 0.350. The van der Waals surface area contributed by atoms with Crippen LogP contribution in [0.25, 0.3) is 0 Å². The van der Waals surface area contributed by atoms with Crippen LogP contribution in [-0.4, -0.2) is 43.9 Å². The van der Waals surface area contributed by atoms with Crippen molar-refractivity contribution in [2.45, 2.75) is 37.7 Å². The molecular weight excluding hydrogens is 436 g/mol. The molecule has 0 spiro atoms. The van der Waals surface area contributed by atoms with E-state index in [0.717, 1.165) is 10.6 Å². The van der Waals surface area contributed by atoms with E-state index in [1.807, 2.05) is 13.8 Å². The van der Waals surface area contributed by atoms with E-state index in [4.69, 9.17) is 4.74 Å². The van der Waals surface area contributed by atoms with Crippen LogP contribution in [0.2, 0.25) is 0 Å². The molecule has 1 aromatic carbocycles. The Balaban J connectivity index is 1.59. The summed E-state index contributed by atoms with van der Waals surface area (Å²) < 4.78 is 6.98. The Bertz CT molecular complexity index is 1080. The minimum atomic E-state index is -0.400. The summed E-state index contributed by atoms with van der Waals surface area (Å²) in [6.45, 7) is 5.87. The molecule has 0 fully saturated rings. The average molecular weight is 461 g/mol. The molecule has 0 radical (unpaired) electrons. The van der Waals surface area contributed by atoms with Crippen molar-refractivity contribution < 1.29 is 14.3 Å². The van der Waals surface area contributed by atoms with Crippen LogP contribution in [0.15, 0.2) is 29.4 Å². The number of thiazole rings is 1. The van der Waals surface area contributed by atoms with Crippen molar-refractivity contribution in [3.05, 3.63) is 46.2 Å². The second-order valence-electron chi connectivity index (χ2n) is 6.75. The van der Waals surface area contributed by atoms with Gasteiger partial charge in [0.25, 0.3) is 5.91 Å². The van der Waals surface area contributed by atoms with Crippen molar-refractivity contribution in [2.24, 2.45) is 7.05 Å². The van der Waals surface area contributed by atoms with Gasteiger partial charge in [0.15, 0.2) is 16.1 Å². The van der Waals surface area contributed by atoms with Crippen LogP contribution in [-0.2, 0) is 18.4 Å². The van der Waals surface area contributed by atoms with E-state index in [1.165, 1.54) is 30.2 Å². The summed E-state index contributed by atoms with van der Waals surface area (Å²) >= 11 is 2.74. The molecule has 3 rings (SSSR count). The van der Waals surface area contributed by atoms with E-state index in [1.54, 1.807) is 42.8 Å². The standard InChI is InChI=1S/C20H24N6O3S2/c1-11-12(2)30-19(22-11)23-17(27)13(3)31-20-25-24-16(26(20)4)10-21-18(28)14-8-6-7-9-15(14)29-5/h6-9,13H,10H2,1-5H3,(H,21,28)(H,22,23,27)/t13-/m1/s1. The lowest BCUT2D eigenvalue weighted by Crippen LogP contribution is -2.25. The molecule has 0 aliphatic heterocycles. The fourth-order valence-electron chi connectivity index (χ4n) is 2.63. The van der Waals surface area contributed by atoms with E-state index in [-0.39, 0.29) is 18.4 Å². The van der Waals surface area contributed by atoms with Gasteiger partial charge in [0.2, 0.25) is 5.91 Å². The van der Waals surface area contributed by atoms with Crippen molar-refractivity contribution in [2.75, 3.05) is 12.4 Å². The summed E-state index contributed by atoms with van der Waals surface area (Å²) in [6, 6.07) is 7.00. The first-order valence-corrected chi connectivity index (χ1v) is 11.2. The number of hydrogen-bond acceptors (Lipinski definition) is 8. The number of nitrogens with one attached hydrogen (secondary N) is 2. The Labute approximate surface area is 188 Å². The van der Waals surface area contributed by atoms with E-state index < -0.39 is 5.25 Å². The minimum Gasteiger partial charge on any atom is -0.496 e. The van der Waals surface area contributed by atoms with Gasteiger partial charge in [0, 0.05) is 11.9 Å². The number of aryl methyl sites for hydroxylation is 2. The zero-order valence-electron chi connectivity index (χ0n) is 17.9. The second kappa shape index (κ2) is 9.92. The van der Waals surface area contributed by atoms with Gasteiger partial charge in [0.05, 0.1) is 30.2 Å². The largest absolute Gasteiger partial charge is 0.496 e. The molecule has 1 atom stereocenters. The van der Waals surface area contributed by atoms with Crippen molar-refractivity contribution in [1.29, 1.82) is 0 Å². The molecule has 11 heteroatoms. The van der Waals surface area contributed by atoms with Gasteiger partial charge < -0.3 is 19.9 Å². The first kappa shape index (κ1) is 22.8. The lowest BCUT2D eigenvalue weighted by atomic mass is 10.2. The van der Waals surface area contributed by atoms with Crippen LogP contribution in [0.4, 0.5) is 5.13 Å². The molecule has 0 saturated heterocycles. The number of nitrogens with zero attached hydrogens (tertiary/aromatic N) is 4. The number of hydrogen-bond donors (Lipinski definition) is 2. The van der Waals surface area contributed by atoms with Gasteiger partial charge >= 0.3 is 0 Å². The summed E-state index contributed by atoms with van der Waals surface area (Å²) in [4.78, 5) is 30.4. The highest BCUT2D eigenvalue weighted by Crippen LogP contribution is 2.25. The molecule has 3 aromatic rings. The Morgan fingerprint density at radius 1 is 1.26 bits per heavy atom. The van der Waals surface area contributed by atoms with Gasteiger partial charge in [-0.3, -0.25) is 9.59 Å². The molecule has 31 heavy (non-hydrogen) atoms. The molecule has 2 heterocycles. The van der Waals surface area contributed by atoms with Crippen LogP contribution in [0.5, 0.6) is 5.75 Å². The maximum atomic E-state index is 12.5. The van der Waals surface area contributed by atoms with Crippen LogP contribution in [0, 0.1) is 13.8 Å². The molecule has 9 nitrogen and oxygen atoms in total. The number of rotatable bonds is 8. The highest BCUT2D eigenvalue weighted by atomic mass is 32.2. The molecule has 2 amide bonds. The number of amides is 2. The summed E-state index contributed by atoms with van der Waals surface area (Å²) in [5.41, 5.74) is 1.36. The molecule has 0 unspecified atom stereocenters. The molecule has 0 bridgehead atoms. The molecular formula is C20H24N6O3S2. The third-order valence-corrected chi connectivity index (χ3v) is 6.72. The van der Waals surface area contributed by atoms with E-state index in [0.29, 0.717) is 27.4 Å². The monoisotopic (exact) mass is 460 g/mol. The number of aromatic nitrogens is 4. The first-order valence-electron chi connectivity index (χ1n) is 9.51. The van der Waals surface area contributed by atoms with Gasteiger partial charge in [-0.1, -0.05) is 23.9 Å². The quantitative estimate of drug-likeness (QED) is 0.497. The third kappa shape index (κ3) is 5.42. The van der Waals surface area contributed by atoms with E-state index >= 15 is 0 Å². The number of thioether (sulfide) groups is 1. The molecule has 164 valence electrons. The SMILES string of the molecule is COc1ccccc1C(=O)NCc1nnc(S[C@H](C)C(=O)Nc2nc(C)c(C)s2)n1C. The molecule has 2 aromatic heterocycles. The summed E-state index contributed by atoms with van der Waals surface area (Å²) in [5, 5.41) is 14.7. The number of para-hydroxylation sites is 1. The van der Waals surface area contributed by atoms with Crippen LogP contribution in [0.3, 0.4) is 0 Å². The number of anilines is 1. The second-order valence-corrected chi connectivity index (χ2v) is 9.26. The van der Waals surface area contributed by atoms with Crippen molar-refractivity contribution in [3.8, 4) is 5.75 Å².